The molecule has 3 rings (SSSR count). The molecule has 138 valence electrons. The zero-order chi connectivity index (χ0) is 19.2. The molecule has 3 aromatic rings. The van der Waals surface area contributed by atoms with Gasteiger partial charge in [0.15, 0.2) is 0 Å². The number of thiazole rings is 1. The number of aryl methyl sites for hydroxylation is 1. The topological polar surface area (TPSA) is 68.3 Å². The van der Waals surface area contributed by atoms with Crippen molar-refractivity contribution in [3.63, 3.8) is 0 Å². The first-order valence-corrected chi connectivity index (χ1v) is 10.0. The number of amides is 1. The number of benzene rings is 1. The lowest BCUT2D eigenvalue weighted by Crippen LogP contribution is -2.11. The van der Waals surface area contributed by atoms with Crippen molar-refractivity contribution >= 4 is 46.3 Å². The standard InChI is InChI=1S/C20H18N2O3S2/c1-3-25-17(23)11-8-14-6-9-15(10-7-14)22-19(24)18-13(2)21-20(27-18)16-5-4-12-26-16/h4-12H,3H2,1-2H3,(H,22,24)/b11-8+. The van der Waals surface area contributed by atoms with E-state index in [0.717, 1.165) is 21.1 Å². The monoisotopic (exact) mass is 398 g/mol. The Morgan fingerprint density at radius 1 is 1.22 bits per heavy atom. The summed E-state index contributed by atoms with van der Waals surface area (Å²) in [6, 6.07) is 11.2. The van der Waals surface area contributed by atoms with Crippen LogP contribution in [0.4, 0.5) is 5.69 Å². The average molecular weight is 399 g/mol. The minimum Gasteiger partial charge on any atom is -0.463 e. The summed E-state index contributed by atoms with van der Waals surface area (Å²) in [7, 11) is 0. The molecule has 1 amide bonds. The Labute approximate surface area is 165 Å². The Hall–Kier alpha value is -2.77. The van der Waals surface area contributed by atoms with Crippen molar-refractivity contribution in [3.05, 3.63) is 64.0 Å². The van der Waals surface area contributed by atoms with Gasteiger partial charge in [0.05, 0.1) is 17.2 Å². The maximum atomic E-state index is 12.6. The average Bonchev–Trinajstić information content (AvgIpc) is 3.31. The van der Waals surface area contributed by atoms with Crippen LogP contribution in [-0.2, 0) is 9.53 Å². The number of ether oxygens (including phenoxy) is 1. The van der Waals surface area contributed by atoms with Gasteiger partial charge in [0.25, 0.3) is 5.91 Å². The summed E-state index contributed by atoms with van der Waals surface area (Å²) in [5.74, 6) is -0.556. The lowest BCUT2D eigenvalue weighted by molar-refractivity contribution is -0.137. The number of rotatable bonds is 6. The van der Waals surface area contributed by atoms with E-state index in [1.165, 1.54) is 17.4 Å². The van der Waals surface area contributed by atoms with Gasteiger partial charge in [0, 0.05) is 11.8 Å². The van der Waals surface area contributed by atoms with Gasteiger partial charge in [-0.1, -0.05) is 18.2 Å². The van der Waals surface area contributed by atoms with Crippen LogP contribution in [0.15, 0.2) is 47.9 Å². The highest BCUT2D eigenvalue weighted by Gasteiger charge is 2.16. The molecule has 0 unspecified atom stereocenters. The minimum absolute atomic E-state index is 0.178. The molecule has 2 aromatic heterocycles. The summed E-state index contributed by atoms with van der Waals surface area (Å²) in [5.41, 5.74) is 2.24. The maximum Gasteiger partial charge on any atom is 0.330 e. The first-order valence-electron chi connectivity index (χ1n) is 8.34. The van der Waals surface area contributed by atoms with Crippen LogP contribution in [0.25, 0.3) is 16.0 Å². The molecule has 2 heterocycles. The van der Waals surface area contributed by atoms with Crippen LogP contribution in [0, 0.1) is 6.92 Å². The molecule has 0 radical (unpaired) electrons. The minimum atomic E-state index is -0.378. The van der Waals surface area contributed by atoms with Crippen LogP contribution >= 0.6 is 22.7 Å². The van der Waals surface area contributed by atoms with Crippen molar-refractivity contribution in [1.82, 2.24) is 4.98 Å². The van der Waals surface area contributed by atoms with Crippen LogP contribution < -0.4 is 5.32 Å². The Bertz CT molecular complexity index is 958. The number of nitrogens with one attached hydrogen (secondary N) is 1. The highest BCUT2D eigenvalue weighted by atomic mass is 32.1. The molecule has 5 nitrogen and oxygen atoms in total. The predicted molar refractivity (Wildman–Crippen MR) is 110 cm³/mol. The molecular weight excluding hydrogens is 380 g/mol. The van der Waals surface area contributed by atoms with Gasteiger partial charge >= 0.3 is 5.97 Å². The number of aromatic nitrogens is 1. The second-order valence-electron chi connectivity index (χ2n) is 5.57. The second-order valence-corrected chi connectivity index (χ2v) is 7.52. The van der Waals surface area contributed by atoms with E-state index < -0.39 is 0 Å². The van der Waals surface area contributed by atoms with Gasteiger partial charge in [0.1, 0.15) is 9.88 Å². The Kier molecular flexibility index (Phi) is 6.16. The zero-order valence-electron chi connectivity index (χ0n) is 14.9. The summed E-state index contributed by atoms with van der Waals surface area (Å²) in [6.07, 6.45) is 3.05. The van der Waals surface area contributed by atoms with Gasteiger partial charge in [-0.15, -0.1) is 22.7 Å². The third-order valence-corrected chi connectivity index (χ3v) is 5.80. The Balaban J connectivity index is 1.67. The largest absolute Gasteiger partial charge is 0.463 e. The molecule has 1 aromatic carbocycles. The second kappa shape index (κ2) is 8.75. The number of esters is 1. The van der Waals surface area contributed by atoms with E-state index in [0.29, 0.717) is 17.2 Å². The molecule has 0 aliphatic carbocycles. The van der Waals surface area contributed by atoms with Crippen molar-refractivity contribution in [1.29, 1.82) is 0 Å². The van der Waals surface area contributed by atoms with Gasteiger partial charge in [-0.2, -0.15) is 0 Å². The zero-order valence-corrected chi connectivity index (χ0v) is 16.5. The van der Waals surface area contributed by atoms with E-state index >= 15 is 0 Å². The summed E-state index contributed by atoms with van der Waals surface area (Å²) in [5, 5.41) is 5.73. The van der Waals surface area contributed by atoms with Gasteiger partial charge in [-0.3, -0.25) is 4.79 Å². The SMILES string of the molecule is CCOC(=O)/C=C/c1ccc(NC(=O)c2sc(-c3cccs3)nc2C)cc1. The molecule has 1 N–H and O–H groups in total. The number of hydrogen-bond donors (Lipinski definition) is 1. The number of nitrogens with zero attached hydrogens (tertiary/aromatic N) is 1. The summed E-state index contributed by atoms with van der Waals surface area (Å²) in [4.78, 5) is 30.1. The molecule has 0 saturated heterocycles. The molecule has 0 saturated carbocycles. The quantitative estimate of drug-likeness (QED) is 0.468. The number of anilines is 1. The number of carbonyl (C=O) groups excluding carboxylic acids is 2. The molecular formula is C20H18N2O3S2. The van der Waals surface area contributed by atoms with Crippen LogP contribution in [0.3, 0.4) is 0 Å². The van der Waals surface area contributed by atoms with Crippen molar-refractivity contribution in [2.75, 3.05) is 11.9 Å². The van der Waals surface area contributed by atoms with Crippen molar-refractivity contribution in [2.45, 2.75) is 13.8 Å². The van der Waals surface area contributed by atoms with Gasteiger partial charge in [0.2, 0.25) is 0 Å². The fourth-order valence-electron chi connectivity index (χ4n) is 2.33. The lowest BCUT2D eigenvalue weighted by Gasteiger charge is -2.04. The van der Waals surface area contributed by atoms with Crippen molar-refractivity contribution in [3.8, 4) is 9.88 Å². The molecule has 0 bridgehead atoms. The molecule has 0 spiro atoms. The van der Waals surface area contributed by atoms with Crippen molar-refractivity contribution in [2.24, 2.45) is 0 Å². The van der Waals surface area contributed by atoms with Crippen LogP contribution in [-0.4, -0.2) is 23.5 Å². The van der Waals surface area contributed by atoms with Gasteiger partial charge < -0.3 is 10.1 Å². The summed E-state index contributed by atoms with van der Waals surface area (Å²) >= 11 is 2.99. The predicted octanol–water partition coefficient (Wildman–Crippen LogP) is 5.01. The third-order valence-electron chi connectivity index (χ3n) is 3.60. The smallest absolute Gasteiger partial charge is 0.330 e. The number of thiophene rings is 1. The van der Waals surface area contributed by atoms with Crippen molar-refractivity contribution < 1.29 is 14.3 Å². The van der Waals surface area contributed by atoms with E-state index in [4.69, 9.17) is 4.74 Å². The van der Waals surface area contributed by atoms with E-state index in [9.17, 15) is 9.59 Å². The summed E-state index contributed by atoms with van der Waals surface area (Å²) < 4.78 is 4.84. The van der Waals surface area contributed by atoms with E-state index in [2.05, 4.69) is 10.3 Å². The van der Waals surface area contributed by atoms with Crippen LogP contribution in [0.1, 0.15) is 27.9 Å². The Morgan fingerprint density at radius 3 is 2.67 bits per heavy atom. The van der Waals surface area contributed by atoms with Crippen LogP contribution in [0.5, 0.6) is 0 Å². The molecule has 0 atom stereocenters. The fraction of sp³-hybridized carbons (Fsp3) is 0.150. The summed E-state index contributed by atoms with van der Waals surface area (Å²) in [6.45, 7) is 3.95. The third kappa shape index (κ3) is 4.90. The molecule has 27 heavy (non-hydrogen) atoms. The first-order chi connectivity index (χ1) is 13.1. The van der Waals surface area contributed by atoms with E-state index in [1.807, 2.05) is 36.6 Å². The highest BCUT2D eigenvalue weighted by molar-refractivity contribution is 7.22. The van der Waals surface area contributed by atoms with E-state index in [-0.39, 0.29) is 11.9 Å². The fourth-order valence-corrected chi connectivity index (χ4v) is 4.09. The normalized spacial score (nSPS) is 10.9. The highest BCUT2D eigenvalue weighted by Crippen LogP contribution is 2.31. The maximum absolute atomic E-state index is 12.6. The first kappa shape index (κ1) is 19.0. The number of hydrogen-bond acceptors (Lipinski definition) is 6. The molecule has 0 fully saturated rings. The molecule has 0 aliphatic heterocycles. The van der Waals surface area contributed by atoms with Gasteiger partial charge in [-0.05, 0) is 49.1 Å². The lowest BCUT2D eigenvalue weighted by atomic mass is 10.2. The molecule has 7 heteroatoms. The van der Waals surface area contributed by atoms with Crippen LogP contribution in [0.2, 0.25) is 0 Å². The van der Waals surface area contributed by atoms with E-state index in [1.54, 1.807) is 36.5 Å². The Morgan fingerprint density at radius 2 is 2.00 bits per heavy atom. The van der Waals surface area contributed by atoms with Gasteiger partial charge in [-0.25, -0.2) is 9.78 Å². The molecule has 0 aliphatic rings. The number of carbonyl (C=O) groups is 2.